The van der Waals surface area contributed by atoms with Gasteiger partial charge in [-0.25, -0.2) is 9.57 Å². The van der Waals surface area contributed by atoms with Gasteiger partial charge in [-0.3, -0.25) is 57.9 Å². The average molecular weight is 1220 g/mol. The summed E-state index contributed by atoms with van der Waals surface area (Å²) in [5.74, 6) is -5.62. The predicted molar refractivity (Wildman–Crippen MR) is 307 cm³/mol. The number of amides is 4. The van der Waals surface area contributed by atoms with Gasteiger partial charge in [0.15, 0.2) is 69.1 Å². The van der Waals surface area contributed by atoms with Crippen LogP contribution in [0.25, 0.3) is 24.3 Å². The number of ether oxygens (including phenoxy) is 6. The molecule has 4 aromatic rings. The number of allylic oxidation sites excluding steroid dienone is 4. The van der Waals surface area contributed by atoms with Crippen LogP contribution >= 0.6 is 0 Å². The van der Waals surface area contributed by atoms with E-state index in [1.165, 1.54) is 107 Å². The van der Waals surface area contributed by atoms with Gasteiger partial charge in [0.1, 0.15) is 0 Å². The van der Waals surface area contributed by atoms with Crippen LogP contribution in [0.2, 0.25) is 0 Å². The Morgan fingerprint density at radius 1 is 0.460 bits per heavy atom. The number of methoxy groups -OCH3 is 4. The molecule has 0 spiro atoms. The van der Waals surface area contributed by atoms with E-state index in [1.54, 1.807) is 42.5 Å². The third-order valence-electron chi connectivity index (χ3n) is 11.5. The maximum absolute atomic E-state index is 12.3. The molecule has 0 aromatic heterocycles. The molecular formula is C60H61N3O23S. The van der Waals surface area contributed by atoms with Gasteiger partial charge in [0, 0.05) is 63.8 Å². The Balaban J connectivity index is 0.000000397. The number of hydrogen-bond donors (Lipinski definition) is 5. The highest BCUT2D eigenvalue weighted by molar-refractivity contribution is 7.45. The number of carbonyl (C=O) groups excluding carboxylic acids is 11. The van der Waals surface area contributed by atoms with E-state index in [-0.39, 0.29) is 128 Å². The lowest BCUT2D eigenvalue weighted by Crippen LogP contribution is -2.32. The van der Waals surface area contributed by atoms with E-state index in [4.69, 9.17) is 48.4 Å². The Morgan fingerprint density at radius 3 is 1.09 bits per heavy atom. The standard InChI is InChI=1S/C30H29NO11.C26H26O9.C4H5NO3.HNS/c1-39-25-16-19(8-12-23(25)34)6-10-21(32)18-22(33)11-7-20-9-13-24(26(17-20)40-2)41-29(37)4-3-5-30(38)42-31-27(35)14-15-28(31)36;1-33-23-14-17(8-12-21(23)29)6-10-19(27)16-20(28)11-7-18-9-13-22(24(15-18)34-2)35-26(32)5-3-4-25(30)31;6-3-1-2-4(7)5(3)8;1-2/h6-13,16-17,34H,3-5,14-15,18H2,1-2H3;6-15,29H,3-5,16H2,1-2H3,(H,30,31);8H,1-2H2;1H/b2*10-6+,11-7+;;. The first-order chi connectivity index (χ1) is 41.5. The Bertz CT molecular complexity index is 3300. The molecule has 2 aliphatic heterocycles. The summed E-state index contributed by atoms with van der Waals surface area (Å²) in [4.78, 5) is 143. The van der Waals surface area contributed by atoms with Crippen LogP contribution in [0.15, 0.2) is 97.1 Å². The number of carboxylic acids is 1. The second-order valence-corrected chi connectivity index (χ2v) is 17.9. The minimum Gasteiger partial charge on any atom is -0.504 e. The predicted octanol–water partition coefficient (Wildman–Crippen LogP) is 6.99. The number of aromatic hydroxyl groups is 2. The first-order valence-electron chi connectivity index (χ1n) is 25.9. The number of nitrogens with one attached hydrogen (secondary N) is 1. The molecule has 2 fully saturated rings. The average Bonchev–Trinajstić information content (AvgIpc) is 4.20. The maximum Gasteiger partial charge on any atom is 0.333 e. The molecule has 26 nitrogen and oxygen atoms in total. The number of esters is 2. The molecule has 6 rings (SSSR count). The number of ketones is 4. The van der Waals surface area contributed by atoms with Gasteiger partial charge in [0.05, 0.1) is 41.3 Å². The van der Waals surface area contributed by atoms with E-state index >= 15 is 0 Å². The molecule has 4 amide bonds. The smallest absolute Gasteiger partial charge is 0.333 e. The van der Waals surface area contributed by atoms with Crippen molar-refractivity contribution < 1.29 is 111 Å². The lowest BCUT2D eigenvalue weighted by atomic mass is 10.1. The summed E-state index contributed by atoms with van der Waals surface area (Å²) >= 11 is 3.33. The van der Waals surface area contributed by atoms with Crippen molar-refractivity contribution in [1.29, 1.82) is 4.78 Å². The van der Waals surface area contributed by atoms with Gasteiger partial charge < -0.3 is 48.6 Å². The first kappa shape index (κ1) is 70.7. The third kappa shape index (κ3) is 25.1. The van der Waals surface area contributed by atoms with Crippen molar-refractivity contribution in [2.24, 2.45) is 0 Å². The zero-order chi connectivity index (χ0) is 64.6. The van der Waals surface area contributed by atoms with Gasteiger partial charge in [-0.1, -0.05) is 48.6 Å². The van der Waals surface area contributed by atoms with Crippen LogP contribution in [0, 0.1) is 4.78 Å². The number of aliphatic carboxylic acids is 1. The molecular weight excluding hydrogens is 1160 g/mol. The number of hydrogen-bond acceptors (Lipinski definition) is 24. The molecule has 0 aliphatic carbocycles. The normalized spacial score (nSPS) is 12.6. The Labute approximate surface area is 502 Å². The van der Waals surface area contributed by atoms with Crippen molar-refractivity contribution in [1.82, 2.24) is 10.1 Å². The summed E-state index contributed by atoms with van der Waals surface area (Å²) in [6.45, 7) is 0. The largest absolute Gasteiger partial charge is 0.504 e. The summed E-state index contributed by atoms with van der Waals surface area (Å²) in [6, 6.07) is 18.4. The fourth-order valence-corrected chi connectivity index (χ4v) is 7.15. The molecule has 2 heterocycles. The summed E-state index contributed by atoms with van der Waals surface area (Å²) in [7, 11) is 5.59. The lowest BCUT2D eigenvalue weighted by Gasteiger charge is -2.12. The van der Waals surface area contributed by atoms with Crippen LogP contribution in [0.4, 0.5) is 0 Å². The minimum absolute atomic E-state index is 0.0118. The summed E-state index contributed by atoms with van der Waals surface area (Å²) in [5.41, 5.74) is 2.38. The van der Waals surface area contributed by atoms with E-state index < -0.39 is 70.6 Å². The zero-order valence-corrected chi connectivity index (χ0v) is 48.2. The van der Waals surface area contributed by atoms with Crippen molar-refractivity contribution in [2.75, 3.05) is 28.4 Å². The fraction of sp³-hybridized carbons (Fsp3) is 0.267. The summed E-state index contributed by atoms with van der Waals surface area (Å²) < 4.78 is 36.4. The summed E-state index contributed by atoms with van der Waals surface area (Å²) in [6.07, 6.45) is 10.4. The van der Waals surface area contributed by atoms with E-state index in [9.17, 15) is 67.7 Å². The van der Waals surface area contributed by atoms with Gasteiger partial charge in [-0.05, 0) is 108 Å². The molecule has 87 heavy (non-hydrogen) atoms. The number of carbonyl (C=O) groups is 12. The molecule has 0 saturated carbocycles. The van der Waals surface area contributed by atoms with Crippen molar-refractivity contribution in [3.8, 4) is 46.0 Å². The molecule has 0 unspecified atom stereocenters. The number of phenols is 2. The number of imide groups is 2. The van der Waals surface area contributed by atoms with Crippen molar-refractivity contribution >= 4 is 107 Å². The molecule has 5 N–H and O–H groups in total. The second kappa shape index (κ2) is 36.9. The first-order valence-corrected chi connectivity index (χ1v) is 26.3. The number of hydroxylamine groups is 4. The molecule has 0 radical (unpaired) electrons. The topological polar surface area (TPSA) is 381 Å². The molecule has 27 heteroatoms. The molecule has 0 bridgehead atoms. The van der Waals surface area contributed by atoms with Crippen molar-refractivity contribution in [3.05, 3.63) is 119 Å². The SMILES string of the molecule is COc1cc(/C=C/C(=O)CC(=O)/C=C/c2ccc(OC(=O)CCCC(=O)O)c(OC)c2)ccc1O.COc1cc(/C=C/C(=O)CC(=O)/C=C/c2ccc(OC(=O)CCCC(=O)ON3C(=O)CCC3=O)c(OC)c2)ccc1O.N=S.O=C1CCC(=O)N1O. The van der Waals surface area contributed by atoms with E-state index in [1.807, 2.05) is 0 Å². The van der Waals surface area contributed by atoms with E-state index in [0.29, 0.717) is 27.3 Å². The van der Waals surface area contributed by atoms with Gasteiger partial charge in [-0.2, -0.15) is 5.06 Å². The van der Waals surface area contributed by atoms with Gasteiger partial charge in [-0.15, -0.1) is 5.06 Å². The lowest BCUT2D eigenvalue weighted by molar-refractivity contribution is -0.197. The monoisotopic (exact) mass is 1220 g/mol. The van der Waals surface area contributed by atoms with Gasteiger partial charge in [0.2, 0.25) is 0 Å². The molecule has 4 aromatic carbocycles. The van der Waals surface area contributed by atoms with Gasteiger partial charge in [0.25, 0.3) is 23.6 Å². The Hall–Kier alpha value is -10.5. The molecule has 0 atom stereocenters. The zero-order valence-electron chi connectivity index (χ0n) is 47.4. The Kier molecular flexibility index (Phi) is 30.0. The van der Waals surface area contributed by atoms with Crippen LogP contribution < -0.4 is 28.4 Å². The number of benzene rings is 4. The molecule has 2 aliphatic rings. The highest BCUT2D eigenvalue weighted by atomic mass is 32.1. The van der Waals surface area contributed by atoms with Crippen molar-refractivity contribution in [2.45, 2.75) is 77.0 Å². The fourth-order valence-electron chi connectivity index (χ4n) is 7.15. The van der Waals surface area contributed by atoms with Crippen LogP contribution in [-0.2, 0) is 74.8 Å². The summed E-state index contributed by atoms with van der Waals surface area (Å²) in [5, 5.41) is 36.9. The number of nitrogens with zero attached hydrogens (tertiary/aromatic N) is 2. The second-order valence-electron chi connectivity index (χ2n) is 17.9. The van der Waals surface area contributed by atoms with Crippen LogP contribution in [0.1, 0.15) is 99.3 Å². The molecule has 2 saturated heterocycles. The van der Waals surface area contributed by atoms with Crippen molar-refractivity contribution in [3.63, 3.8) is 0 Å². The van der Waals surface area contributed by atoms with Crippen LogP contribution in [0.3, 0.4) is 0 Å². The number of phenolic OH excluding ortho intramolecular Hbond substituents is 2. The van der Waals surface area contributed by atoms with Crippen LogP contribution in [-0.4, -0.2) is 130 Å². The quantitative estimate of drug-likeness (QED) is 0.0100. The number of carboxylic acid groups (broad SMARTS) is 1. The minimum atomic E-state index is -0.989. The number of rotatable bonds is 27. The molecule has 460 valence electrons. The third-order valence-corrected chi connectivity index (χ3v) is 11.5. The van der Waals surface area contributed by atoms with Crippen LogP contribution in [0.5, 0.6) is 46.0 Å². The Morgan fingerprint density at radius 2 is 0.770 bits per heavy atom. The van der Waals surface area contributed by atoms with Gasteiger partial charge >= 0.3 is 23.9 Å². The highest BCUT2D eigenvalue weighted by Gasteiger charge is 2.33. The van der Waals surface area contributed by atoms with E-state index in [2.05, 4.69) is 12.4 Å². The maximum atomic E-state index is 12.3. The van der Waals surface area contributed by atoms with E-state index in [0.717, 1.165) is 0 Å². The highest BCUT2D eigenvalue weighted by Crippen LogP contribution is 2.32.